The monoisotopic (exact) mass is 256 g/mol. The Balaban J connectivity index is 2.37. The van der Waals surface area contributed by atoms with Gasteiger partial charge in [-0.05, 0) is 29.7 Å². The first-order chi connectivity index (χ1) is 8.77. The topological polar surface area (TPSA) is 34.9 Å². The van der Waals surface area contributed by atoms with E-state index in [1.807, 2.05) is 36.4 Å². The number of pyridine rings is 2. The first-order valence-corrected chi connectivity index (χ1v) is 5.86. The Labute approximate surface area is 108 Å². The molecule has 0 saturated heterocycles. The van der Waals surface area contributed by atoms with Crippen LogP contribution in [0, 0.1) is 0 Å². The van der Waals surface area contributed by atoms with Gasteiger partial charge < -0.3 is 0 Å². The number of fused-ring (bicyclic) bond motifs is 1. The highest BCUT2D eigenvalue weighted by Crippen LogP contribution is 2.17. The fourth-order valence-electron chi connectivity index (χ4n) is 1.94. The van der Waals surface area contributed by atoms with Crippen LogP contribution in [0.15, 0.2) is 59.7 Å². The van der Waals surface area contributed by atoms with Gasteiger partial charge in [0.1, 0.15) is 5.15 Å². The van der Waals surface area contributed by atoms with Gasteiger partial charge in [0.05, 0.1) is 5.39 Å². The lowest BCUT2D eigenvalue weighted by Gasteiger charge is -2.07. The second kappa shape index (κ2) is 4.27. The Kier molecular flexibility index (Phi) is 2.61. The van der Waals surface area contributed by atoms with Crippen molar-refractivity contribution < 1.29 is 0 Å². The minimum Gasteiger partial charge on any atom is -0.284 e. The summed E-state index contributed by atoms with van der Waals surface area (Å²) >= 11 is 6.00. The summed E-state index contributed by atoms with van der Waals surface area (Å²) in [6.07, 6.45) is 3.34. The maximum Gasteiger partial charge on any atom is 0.266 e. The van der Waals surface area contributed by atoms with E-state index in [0.29, 0.717) is 5.39 Å². The Morgan fingerprint density at radius 1 is 1.06 bits per heavy atom. The molecular weight excluding hydrogens is 248 g/mol. The summed E-state index contributed by atoms with van der Waals surface area (Å²) in [5, 5.41) is 1.49. The van der Waals surface area contributed by atoms with E-state index < -0.39 is 0 Å². The Morgan fingerprint density at radius 3 is 2.61 bits per heavy atom. The molecule has 4 heteroatoms. The van der Waals surface area contributed by atoms with Crippen LogP contribution in [0.3, 0.4) is 0 Å². The fraction of sp³-hybridized carbons (Fsp3) is 0. The van der Waals surface area contributed by atoms with Gasteiger partial charge in [0.15, 0.2) is 0 Å². The normalized spacial score (nSPS) is 10.7. The molecule has 3 aromatic rings. The predicted molar refractivity (Wildman–Crippen MR) is 72.4 cm³/mol. The van der Waals surface area contributed by atoms with Crippen LogP contribution in [0.2, 0.25) is 5.15 Å². The Hall–Kier alpha value is -2.13. The van der Waals surface area contributed by atoms with E-state index >= 15 is 0 Å². The van der Waals surface area contributed by atoms with Crippen molar-refractivity contribution >= 4 is 22.4 Å². The molecule has 0 aliphatic carbocycles. The highest BCUT2D eigenvalue weighted by molar-refractivity contribution is 6.34. The van der Waals surface area contributed by atoms with Gasteiger partial charge in [-0.15, -0.1) is 0 Å². The van der Waals surface area contributed by atoms with E-state index in [1.165, 1.54) is 0 Å². The molecule has 0 amide bonds. The molecule has 0 N–H and O–H groups in total. The van der Waals surface area contributed by atoms with E-state index in [2.05, 4.69) is 4.98 Å². The summed E-state index contributed by atoms with van der Waals surface area (Å²) in [6.45, 7) is 0. The standard InChI is InChI=1S/C14H9ClN2O/c15-13-12-10(6-8-16-13)7-9-17(14(12)18)11-4-2-1-3-5-11/h1-9H. The molecule has 1 aromatic carbocycles. The lowest BCUT2D eigenvalue weighted by atomic mass is 10.2. The average Bonchev–Trinajstić information content (AvgIpc) is 2.40. The van der Waals surface area contributed by atoms with E-state index in [0.717, 1.165) is 11.1 Å². The third kappa shape index (κ3) is 1.69. The number of para-hydroxylation sites is 1. The smallest absolute Gasteiger partial charge is 0.266 e. The van der Waals surface area contributed by atoms with Crippen molar-refractivity contribution in [2.24, 2.45) is 0 Å². The largest absolute Gasteiger partial charge is 0.284 e. The molecule has 3 nitrogen and oxygen atoms in total. The number of hydrogen-bond acceptors (Lipinski definition) is 2. The molecule has 0 aliphatic heterocycles. The second-order valence-electron chi connectivity index (χ2n) is 3.89. The zero-order valence-electron chi connectivity index (χ0n) is 9.38. The molecule has 0 saturated carbocycles. The van der Waals surface area contributed by atoms with E-state index in [1.54, 1.807) is 23.0 Å². The van der Waals surface area contributed by atoms with Crippen LogP contribution in [0.25, 0.3) is 16.5 Å². The molecule has 18 heavy (non-hydrogen) atoms. The summed E-state index contributed by atoms with van der Waals surface area (Å²) in [6, 6.07) is 13.1. The zero-order chi connectivity index (χ0) is 12.5. The number of benzene rings is 1. The van der Waals surface area contributed by atoms with Crippen molar-refractivity contribution in [3.63, 3.8) is 0 Å². The van der Waals surface area contributed by atoms with E-state index in [4.69, 9.17) is 11.6 Å². The average molecular weight is 257 g/mol. The third-order valence-electron chi connectivity index (χ3n) is 2.81. The highest BCUT2D eigenvalue weighted by atomic mass is 35.5. The SMILES string of the molecule is O=c1c2c(Cl)nccc2ccn1-c1ccccc1. The molecule has 0 aliphatic rings. The van der Waals surface area contributed by atoms with Gasteiger partial charge in [0, 0.05) is 18.1 Å². The third-order valence-corrected chi connectivity index (χ3v) is 3.09. The second-order valence-corrected chi connectivity index (χ2v) is 4.25. The number of hydrogen-bond donors (Lipinski definition) is 0. The minimum atomic E-state index is -0.156. The van der Waals surface area contributed by atoms with Crippen LogP contribution in [0.5, 0.6) is 0 Å². The van der Waals surface area contributed by atoms with Crippen LogP contribution in [0.4, 0.5) is 0 Å². The summed E-state index contributed by atoms with van der Waals surface area (Å²) in [5.74, 6) is 0. The molecule has 2 heterocycles. The van der Waals surface area contributed by atoms with E-state index in [9.17, 15) is 4.79 Å². The summed E-state index contributed by atoms with van der Waals surface area (Å²) in [5.41, 5.74) is 0.654. The molecular formula is C14H9ClN2O. The van der Waals surface area contributed by atoms with Crippen LogP contribution >= 0.6 is 11.6 Å². The lowest BCUT2D eigenvalue weighted by molar-refractivity contribution is 1.01. The summed E-state index contributed by atoms with van der Waals surface area (Å²) < 4.78 is 1.57. The van der Waals surface area contributed by atoms with Gasteiger partial charge in [-0.3, -0.25) is 9.36 Å². The van der Waals surface area contributed by atoms with Gasteiger partial charge in [-0.2, -0.15) is 0 Å². The molecule has 0 fully saturated rings. The maximum absolute atomic E-state index is 12.4. The predicted octanol–water partition coefficient (Wildman–Crippen LogP) is 3.04. The quantitative estimate of drug-likeness (QED) is 0.627. The minimum absolute atomic E-state index is 0.156. The zero-order valence-corrected chi connectivity index (χ0v) is 10.1. The highest BCUT2D eigenvalue weighted by Gasteiger charge is 2.08. The van der Waals surface area contributed by atoms with E-state index in [-0.39, 0.29) is 10.7 Å². The van der Waals surface area contributed by atoms with Gasteiger partial charge in [0.25, 0.3) is 5.56 Å². The fourth-order valence-corrected chi connectivity index (χ4v) is 2.18. The molecule has 0 unspecified atom stereocenters. The molecule has 3 rings (SSSR count). The lowest BCUT2D eigenvalue weighted by Crippen LogP contribution is -2.18. The number of halogens is 1. The molecule has 0 atom stereocenters. The first-order valence-electron chi connectivity index (χ1n) is 5.49. The van der Waals surface area contributed by atoms with Gasteiger partial charge in [-0.25, -0.2) is 4.98 Å². The van der Waals surface area contributed by atoms with Crippen LogP contribution in [-0.4, -0.2) is 9.55 Å². The van der Waals surface area contributed by atoms with Gasteiger partial charge in [0.2, 0.25) is 0 Å². The van der Waals surface area contributed by atoms with Crippen molar-refractivity contribution in [2.45, 2.75) is 0 Å². The van der Waals surface area contributed by atoms with Gasteiger partial charge in [-0.1, -0.05) is 29.8 Å². The maximum atomic E-state index is 12.4. The van der Waals surface area contributed by atoms with Crippen molar-refractivity contribution in [3.05, 3.63) is 70.4 Å². The van der Waals surface area contributed by atoms with Gasteiger partial charge >= 0.3 is 0 Å². The molecule has 88 valence electrons. The molecule has 0 spiro atoms. The molecule has 2 aromatic heterocycles. The van der Waals surface area contributed by atoms with Crippen LogP contribution in [-0.2, 0) is 0 Å². The van der Waals surface area contributed by atoms with Crippen LogP contribution in [0.1, 0.15) is 0 Å². The van der Waals surface area contributed by atoms with Crippen molar-refractivity contribution in [2.75, 3.05) is 0 Å². The van der Waals surface area contributed by atoms with Crippen molar-refractivity contribution in [1.82, 2.24) is 9.55 Å². The Morgan fingerprint density at radius 2 is 1.83 bits per heavy atom. The number of rotatable bonds is 1. The van der Waals surface area contributed by atoms with Crippen molar-refractivity contribution in [3.8, 4) is 5.69 Å². The summed E-state index contributed by atoms with van der Waals surface area (Å²) in [7, 11) is 0. The summed E-state index contributed by atoms with van der Waals surface area (Å²) in [4.78, 5) is 16.3. The first kappa shape index (κ1) is 11.0. The number of aromatic nitrogens is 2. The molecule has 0 radical (unpaired) electrons. The number of nitrogens with zero attached hydrogens (tertiary/aromatic N) is 2. The van der Waals surface area contributed by atoms with Crippen LogP contribution < -0.4 is 5.56 Å². The molecule has 0 bridgehead atoms. The Bertz CT molecular complexity index is 766. The van der Waals surface area contributed by atoms with Crippen molar-refractivity contribution in [1.29, 1.82) is 0 Å².